The predicted octanol–water partition coefficient (Wildman–Crippen LogP) is 6.72. The monoisotopic (exact) mass is 612 g/mol. The molecule has 1 aromatic heterocycles. The first-order chi connectivity index (χ1) is 18.3. The van der Waals surface area contributed by atoms with E-state index in [4.69, 9.17) is 56.9 Å². The van der Waals surface area contributed by atoms with Crippen molar-refractivity contribution in [3.63, 3.8) is 0 Å². The van der Waals surface area contributed by atoms with Gasteiger partial charge >= 0.3 is 0 Å². The number of anilines is 1. The van der Waals surface area contributed by atoms with Gasteiger partial charge in [0.15, 0.2) is 10.9 Å². The van der Waals surface area contributed by atoms with E-state index in [1.807, 2.05) is 23.2 Å². The Kier molecular flexibility index (Phi) is 8.92. The van der Waals surface area contributed by atoms with Crippen LogP contribution in [0.2, 0.25) is 20.1 Å². The Morgan fingerprint density at radius 1 is 1.11 bits per heavy atom. The quantitative estimate of drug-likeness (QED) is 0.275. The molecule has 11 heteroatoms. The molecule has 1 saturated carbocycles. The molecule has 2 aliphatic rings. The predicted molar refractivity (Wildman–Crippen MR) is 156 cm³/mol. The number of ether oxygens (including phenoxy) is 1. The Bertz CT molecular complexity index is 1280. The van der Waals surface area contributed by atoms with Gasteiger partial charge in [0.2, 0.25) is 5.91 Å². The zero-order valence-corrected chi connectivity index (χ0v) is 24.4. The van der Waals surface area contributed by atoms with Crippen LogP contribution < -0.4 is 15.4 Å². The number of benzene rings is 2. The largest absolute Gasteiger partial charge is 0.485 e. The van der Waals surface area contributed by atoms with Gasteiger partial charge in [0.05, 0.1) is 32.6 Å². The smallest absolute Gasteiger partial charge is 0.227 e. The fourth-order valence-corrected chi connectivity index (χ4v) is 6.56. The Morgan fingerprint density at radius 2 is 1.82 bits per heavy atom. The highest BCUT2D eigenvalue weighted by Crippen LogP contribution is 2.36. The summed E-state index contributed by atoms with van der Waals surface area (Å²) in [6.07, 6.45) is 5.17. The van der Waals surface area contributed by atoms with Crippen molar-refractivity contribution in [2.75, 3.05) is 24.5 Å². The minimum atomic E-state index is -0.334. The molecule has 1 aliphatic carbocycles. The summed E-state index contributed by atoms with van der Waals surface area (Å²) in [6, 6.07) is 11.1. The molecule has 1 amide bonds. The minimum Gasteiger partial charge on any atom is -0.485 e. The second-order valence-electron chi connectivity index (χ2n) is 9.68. The summed E-state index contributed by atoms with van der Waals surface area (Å²) < 4.78 is 6.11. The van der Waals surface area contributed by atoms with Crippen LogP contribution in [0.25, 0.3) is 0 Å². The molecular weight excluding hydrogens is 586 g/mol. The van der Waals surface area contributed by atoms with Gasteiger partial charge in [-0.3, -0.25) is 4.79 Å². The van der Waals surface area contributed by atoms with Crippen LogP contribution in [0.15, 0.2) is 42.6 Å². The van der Waals surface area contributed by atoms with Crippen LogP contribution in [0, 0.1) is 5.92 Å². The number of hydrogen-bond donors (Lipinski definition) is 1. The van der Waals surface area contributed by atoms with E-state index < -0.39 is 0 Å². The van der Waals surface area contributed by atoms with Crippen molar-refractivity contribution in [1.29, 1.82) is 0 Å². The molecule has 2 N–H and O–H groups in total. The van der Waals surface area contributed by atoms with E-state index in [9.17, 15) is 4.79 Å². The summed E-state index contributed by atoms with van der Waals surface area (Å²) in [5, 5.41) is 2.90. The molecule has 0 radical (unpaired) electrons. The second kappa shape index (κ2) is 12.2. The van der Waals surface area contributed by atoms with Crippen LogP contribution in [0.3, 0.4) is 0 Å². The van der Waals surface area contributed by atoms with E-state index in [1.54, 1.807) is 35.6 Å². The van der Waals surface area contributed by atoms with E-state index in [1.165, 1.54) is 0 Å². The molecule has 1 saturated heterocycles. The van der Waals surface area contributed by atoms with E-state index in [-0.39, 0.29) is 30.5 Å². The van der Waals surface area contributed by atoms with Crippen molar-refractivity contribution < 1.29 is 9.53 Å². The van der Waals surface area contributed by atoms with Crippen LogP contribution in [-0.4, -0.2) is 47.6 Å². The van der Waals surface area contributed by atoms with E-state index in [2.05, 4.69) is 9.88 Å². The molecule has 1 aliphatic heterocycles. The lowest BCUT2D eigenvalue weighted by Crippen LogP contribution is -2.41. The van der Waals surface area contributed by atoms with Gasteiger partial charge < -0.3 is 20.3 Å². The van der Waals surface area contributed by atoms with Crippen molar-refractivity contribution in [2.24, 2.45) is 11.7 Å². The number of halogens is 4. The van der Waals surface area contributed by atoms with E-state index in [0.29, 0.717) is 45.4 Å². The number of hydrogen-bond acceptors (Lipinski definition) is 6. The first-order valence-corrected chi connectivity index (χ1v) is 14.9. The van der Waals surface area contributed by atoms with Gasteiger partial charge in [-0.05, 0) is 43.0 Å². The van der Waals surface area contributed by atoms with E-state index >= 15 is 0 Å². The standard InChI is InChI=1S/C27H28Cl4N4O2S/c28-21-4-1-3-16(24(21)31)14-35(18-7-8-18)26(36)17(12-32)11-20-13-33-27(38-20)34-10-9-19(15-34)37-25-22(29)5-2-6-23(25)30/h1-6,13,17-19H,7-12,14-15,32H2. The van der Waals surface area contributed by atoms with E-state index in [0.717, 1.165) is 41.4 Å². The number of aromatic nitrogens is 1. The lowest BCUT2D eigenvalue weighted by atomic mass is 10.0. The number of para-hydroxylation sites is 1. The van der Waals surface area contributed by atoms with Crippen LogP contribution in [-0.2, 0) is 17.8 Å². The summed E-state index contributed by atoms with van der Waals surface area (Å²) in [5.74, 6) is 0.234. The third-order valence-electron chi connectivity index (χ3n) is 6.88. The number of amides is 1. The summed E-state index contributed by atoms with van der Waals surface area (Å²) in [6.45, 7) is 2.19. The molecule has 0 bridgehead atoms. The second-order valence-corrected chi connectivity index (χ2v) is 12.4. The minimum absolute atomic E-state index is 0.0384. The highest BCUT2D eigenvalue weighted by atomic mass is 35.5. The first kappa shape index (κ1) is 27.8. The fourth-order valence-electron chi connectivity index (χ4n) is 4.67. The number of nitrogens with zero attached hydrogens (tertiary/aromatic N) is 3. The van der Waals surface area contributed by atoms with Crippen molar-refractivity contribution in [3.05, 3.63) is 73.1 Å². The number of nitrogens with two attached hydrogens (primary N) is 1. The Labute approximate surface area is 246 Å². The molecule has 2 unspecified atom stereocenters. The molecule has 202 valence electrons. The molecule has 3 aromatic rings. The van der Waals surface area contributed by atoms with Gasteiger partial charge in [0.25, 0.3) is 0 Å². The number of carbonyl (C=O) groups excluding carboxylic acids is 1. The zero-order chi connectivity index (χ0) is 26.8. The fraction of sp³-hybridized carbons (Fsp3) is 0.407. The Morgan fingerprint density at radius 3 is 2.53 bits per heavy atom. The van der Waals surface area contributed by atoms with Gasteiger partial charge in [0.1, 0.15) is 6.10 Å². The summed E-state index contributed by atoms with van der Waals surface area (Å²) in [7, 11) is 0. The summed E-state index contributed by atoms with van der Waals surface area (Å²) in [5.41, 5.74) is 6.96. The zero-order valence-electron chi connectivity index (χ0n) is 20.6. The molecule has 2 fully saturated rings. The molecule has 5 rings (SSSR count). The first-order valence-electron chi connectivity index (χ1n) is 12.6. The molecule has 2 aromatic carbocycles. The molecule has 6 nitrogen and oxygen atoms in total. The molecule has 0 spiro atoms. The highest BCUT2D eigenvalue weighted by Gasteiger charge is 2.36. The van der Waals surface area contributed by atoms with Crippen molar-refractivity contribution >= 4 is 68.8 Å². The maximum atomic E-state index is 13.6. The van der Waals surface area contributed by atoms with Crippen LogP contribution in [0.5, 0.6) is 5.75 Å². The molecule has 2 heterocycles. The lowest BCUT2D eigenvalue weighted by molar-refractivity contribution is -0.136. The van der Waals surface area contributed by atoms with Gasteiger partial charge in [-0.15, -0.1) is 11.3 Å². The van der Waals surface area contributed by atoms with Gasteiger partial charge in [-0.25, -0.2) is 4.98 Å². The average Bonchev–Trinajstić information content (AvgIpc) is 3.45. The Hall–Kier alpha value is -1.74. The van der Waals surface area contributed by atoms with Crippen molar-refractivity contribution in [1.82, 2.24) is 9.88 Å². The third kappa shape index (κ3) is 6.35. The molecular formula is C27H28Cl4N4O2S. The number of thiazole rings is 1. The Balaban J connectivity index is 1.22. The maximum Gasteiger partial charge on any atom is 0.227 e. The van der Waals surface area contributed by atoms with Crippen LogP contribution >= 0.6 is 57.7 Å². The number of rotatable bonds is 10. The highest BCUT2D eigenvalue weighted by molar-refractivity contribution is 7.15. The number of carbonyl (C=O) groups is 1. The summed E-state index contributed by atoms with van der Waals surface area (Å²) >= 11 is 26.8. The molecule has 38 heavy (non-hydrogen) atoms. The topological polar surface area (TPSA) is 71.7 Å². The lowest BCUT2D eigenvalue weighted by Gasteiger charge is -2.27. The normalized spacial score (nSPS) is 18.0. The third-order valence-corrected chi connectivity index (χ3v) is 9.42. The average molecular weight is 614 g/mol. The van der Waals surface area contributed by atoms with Gasteiger partial charge in [-0.2, -0.15) is 0 Å². The van der Waals surface area contributed by atoms with Gasteiger partial charge in [0, 0.05) is 43.2 Å². The van der Waals surface area contributed by atoms with Crippen LogP contribution in [0.1, 0.15) is 29.7 Å². The van der Waals surface area contributed by atoms with Crippen molar-refractivity contribution in [2.45, 2.75) is 44.4 Å². The summed E-state index contributed by atoms with van der Waals surface area (Å²) in [4.78, 5) is 23.4. The molecule has 2 atom stereocenters. The van der Waals surface area contributed by atoms with Gasteiger partial charge in [-0.1, -0.05) is 64.6 Å². The van der Waals surface area contributed by atoms with Crippen LogP contribution in [0.4, 0.5) is 5.13 Å². The SMILES string of the molecule is NCC(Cc1cnc(N2CCC(Oc3c(Cl)cccc3Cl)C2)s1)C(=O)N(Cc1cccc(Cl)c1Cl)C1CC1. The maximum absolute atomic E-state index is 13.6. The van der Waals surface area contributed by atoms with Crippen molar-refractivity contribution in [3.8, 4) is 5.75 Å².